The van der Waals surface area contributed by atoms with Crippen LogP contribution in [-0.4, -0.2) is 23.1 Å². The number of anilines is 1. The molecule has 0 radical (unpaired) electrons. The summed E-state index contributed by atoms with van der Waals surface area (Å²) in [5.41, 5.74) is 1.16. The standard InChI is InChI=1S/C15H18N2O3/c1-4-11-6-5-7-12(9-11)16-15(20)17-13(14(18)19)8-10(2)3/h1,5-7,9-10,13H,8H2,2-3H3,(H,18,19)(H2,16,17,20)/t13-/m0/s1. The van der Waals surface area contributed by atoms with Gasteiger partial charge in [0.15, 0.2) is 0 Å². The van der Waals surface area contributed by atoms with E-state index in [4.69, 9.17) is 11.5 Å². The highest BCUT2D eigenvalue weighted by Gasteiger charge is 2.20. The predicted molar refractivity (Wildman–Crippen MR) is 77.4 cm³/mol. The van der Waals surface area contributed by atoms with Crippen LogP contribution in [0, 0.1) is 18.3 Å². The van der Waals surface area contributed by atoms with E-state index in [1.54, 1.807) is 24.3 Å². The highest BCUT2D eigenvalue weighted by molar-refractivity contribution is 5.92. The Morgan fingerprint density at radius 2 is 2.10 bits per heavy atom. The first kappa shape index (κ1) is 15.6. The summed E-state index contributed by atoms with van der Waals surface area (Å²) >= 11 is 0. The molecular formula is C15H18N2O3. The van der Waals surface area contributed by atoms with E-state index >= 15 is 0 Å². The molecule has 1 aromatic rings. The maximum absolute atomic E-state index is 11.8. The Bertz CT molecular complexity index is 532. The Kier molecular flexibility index (Phi) is 5.60. The molecule has 0 heterocycles. The number of aliphatic carboxylic acids is 1. The fourth-order valence-electron chi connectivity index (χ4n) is 1.71. The first-order valence-electron chi connectivity index (χ1n) is 6.29. The van der Waals surface area contributed by atoms with Gasteiger partial charge in [0.1, 0.15) is 6.04 Å². The Morgan fingerprint density at radius 1 is 1.40 bits per heavy atom. The number of hydrogen-bond acceptors (Lipinski definition) is 2. The van der Waals surface area contributed by atoms with Gasteiger partial charge in [-0.15, -0.1) is 6.42 Å². The molecular weight excluding hydrogens is 256 g/mol. The molecule has 0 fully saturated rings. The van der Waals surface area contributed by atoms with Crippen LogP contribution in [0.5, 0.6) is 0 Å². The molecule has 2 amide bonds. The molecule has 0 unspecified atom stereocenters. The van der Waals surface area contributed by atoms with Gasteiger partial charge in [-0.2, -0.15) is 0 Å². The molecule has 3 N–H and O–H groups in total. The molecule has 0 aliphatic carbocycles. The van der Waals surface area contributed by atoms with E-state index in [1.165, 1.54) is 0 Å². The first-order chi connectivity index (χ1) is 9.42. The third kappa shape index (κ3) is 5.02. The summed E-state index contributed by atoms with van der Waals surface area (Å²) in [6, 6.07) is 5.30. The number of hydrogen-bond donors (Lipinski definition) is 3. The molecule has 1 aromatic carbocycles. The van der Waals surface area contributed by atoms with Crippen LogP contribution in [0.3, 0.4) is 0 Å². The molecule has 1 atom stereocenters. The van der Waals surface area contributed by atoms with E-state index in [-0.39, 0.29) is 5.92 Å². The maximum Gasteiger partial charge on any atom is 0.326 e. The van der Waals surface area contributed by atoms with Crippen LogP contribution in [0.15, 0.2) is 24.3 Å². The lowest BCUT2D eigenvalue weighted by molar-refractivity contribution is -0.139. The number of benzene rings is 1. The monoisotopic (exact) mass is 274 g/mol. The lowest BCUT2D eigenvalue weighted by Crippen LogP contribution is -2.43. The second-order valence-corrected chi connectivity index (χ2v) is 4.84. The molecule has 0 bridgehead atoms. The minimum absolute atomic E-state index is 0.168. The lowest BCUT2D eigenvalue weighted by Gasteiger charge is -2.17. The van der Waals surface area contributed by atoms with Gasteiger partial charge in [-0.05, 0) is 30.5 Å². The van der Waals surface area contributed by atoms with Crippen molar-refractivity contribution in [1.82, 2.24) is 5.32 Å². The average Bonchev–Trinajstić information content (AvgIpc) is 2.37. The average molecular weight is 274 g/mol. The van der Waals surface area contributed by atoms with E-state index in [2.05, 4.69) is 16.6 Å². The van der Waals surface area contributed by atoms with Crippen LogP contribution in [0.4, 0.5) is 10.5 Å². The molecule has 20 heavy (non-hydrogen) atoms. The second-order valence-electron chi connectivity index (χ2n) is 4.84. The van der Waals surface area contributed by atoms with Gasteiger partial charge in [-0.25, -0.2) is 9.59 Å². The third-order valence-corrected chi connectivity index (χ3v) is 2.60. The van der Waals surface area contributed by atoms with Gasteiger partial charge >= 0.3 is 12.0 Å². The SMILES string of the molecule is C#Cc1cccc(NC(=O)N[C@@H](CC(C)C)C(=O)O)c1. The molecule has 5 nitrogen and oxygen atoms in total. The quantitative estimate of drug-likeness (QED) is 0.721. The maximum atomic E-state index is 11.8. The van der Waals surface area contributed by atoms with Crippen molar-refractivity contribution in [2.45, 2.75) is 26.3 Å². The van der Waals surface area contributed by atoms with Crippen molar-refractivity contribution in [1.29, 1.82) is 0 Å². The summed E-state index contributed by atoms with van der Waals surface area (Å²) in [5.74, 6) is 1.58. The van der Waals surface area contributed by atoms with Crippen molar-refractivity contribution in [3.05, 3.63) is 29.8 Å². The molecule has 0 spiro atoms. The fraction of sp³-hybridized carbons (Fsp3) is 0.333. The highest BCUT2D eigenvalue weighted by atomic mass is 16.4. The summed E-state index contributed by atoms with van der Waals surface area (Å²) in [7, 11) is 0. The number of carboxylic acid groups (broad SMARTS) is 1. The third-order valence-electron chi connectivity index (χ3n) is 2.60. The van der Waals surface area contributed by atoms with Crippen LogP contribution in [-0.2, 0) is 4.79 Å². The molecule has 0 aliphatic heterocycles. The van der Waals surface area contributed by atoms with Crippen molar-refractivity contribution in [3.8, 4) is 12.3 Å². The predicted octanol–water partition coefficient (Wildman–Crippen LogP) is 2.29. The molecule has 106 valence electrons. The molecule has 0 saturated carbocycles. The number of carboxylic acids is 1. The minimum Gasteiger partial charge on any atom is -0.480 e. The van der Waals surface area contributed by atoms with Gasteiger partial charge in [0.2, 0.25) is 0 Å². The number of rotatable bonds is 5. The summed E-state index contributed by atoms with van der Waals surface area (Å²) < 4.78 is 0. The Hall–Kier alpha value is -2.48. The summed E-state index contributed by atoms with van der Waals surface area (Å²) in [6.07, 6.45) is 5.64. The second kappa shape index (κ2) is 7.19. The number of urea groups is 1. The number of terminal acetylenes is 1. The van der Waals surface area contributed by atoms with Crippen LogP contribution in [0.1, 0.15) is 25.8 Å². The van der Waals surface area contributed by atoms with Gasteiger partial charge < -0.3 is 15.7 Å². The van der Waals surface area contributed by atoms with E-state index < -0.39 is 18.0 Å². The number of amides is 2. The zero-order valence-corrected chi connectivity index (χ0v) is 11.5. The van der Waals surface area contributed by atoms with Crippen LogP contribution in [0.2, 0.25) is 0 Å². The Balaban J connectivity index is 2.66. The topological polar surface area (TPSA) is 78.4 Å². The number of carbonyl (C=O) groups is 2. The largest absolute Gasteiger partial charge is 0.480 e. The summed E-state index contributed by atoms with van der Waals surface area (Å²) in [4.78, 5) is 22.8. The minimum atomic E-state index is -1.05. The number of nitrogens with one attached hydrogen (secondary N) is 2. The number of carbonyl (C=O) groups excluding carboxylic acids is 1. The van der Waals surface area contributed by atoms with Gasteiger partial charge in [0, 0.05) is 11.3 Å². The molecule has 0 saturated heterocycles. The normalized spacial score (nSPS) is 11.5. The van der Waals surface area contributed by atoms with Crippen molar-refractivity contribution in [2.24, 2.45) is 5.92 Å². The van der Waals surface area contributed by atoms with E-state index in [0.717, 1.165) is 0 Å². The molecule has 0 aromatic heterocycles. The summed E-state index contributed by atoms with van der Waals surface area (Å²) in [6.45, 7) is 3.79. The van der Waals surface area contributed by atoms with Crippen molar-refractivity contribution in [3.63, 3.8) is 0 Å². The highest BCUT2D eigenvalue weighted by Crippen LogP contribution is 2.10. The van der Waals surface area contributed by atoms with Crippen molar-refractivity contribution < 1.29 is 14.7 Å². The van der Waals surface area contributed by atoms with Gasteiger partial charge in [-0.3, -0.25) is 0 Å². The van der Waals surface area contributed by atoms with Gasteiger partial charge in [0.05, 0.1) is 0 Å². The van der Waals surface area contributed by atoms with Crippen LogP contribution < -0.4 is 10.6 Å². The van der Waals surface area contributed by atoms with Gasteiger partial charge in [0.25, 0.3) is 0 Å². The Morgan fingerprint density at radius 3 is 2.65 bits per heavy atom. The van der Waals surface area contributed by atoms with Crippen LogP contribution in [0.25, 0.3) is 0 Å². The van der Waals surface area contributed by atoms with Crippen molar-refractivity contribution in [2.75, 3.05) is 5.32 Å². The van der Waals surface area contributed by atoms with Crippen LogP contribution >= 0.6 is 0 Å². The molecule has 1 rings (SSSR count). The first-order valence-corrected chi connectivity index (χ1v) is 6.29. The summed E-state index contributed by atoms with van der Waals surface area (Å²) in [5, 5.41) is 14.0. The van der Waals surface area contributed by atoms with E-state index in [0.29, 0.717) is 17.7 Å². The van der Waals surface area contributed by atoms with E-state index in [9.17, 15) is 9.59 Å². The van der Waals surface area contributed by atoms with Crippen molar-refractivity contribution >= 4 is 17.7 Å². The molecule has 5 heteroatoms. The smallest absolute Gasteiger partial charge is 0.326 e. The zero-order chi connectivity index (χ0) is 15.1. The van der Waals surface area contributed by atoms with Gasteiger partial charge in [-0.1, -0.05) is 25.8 Å². The molecule has 0 aliphatic rings. The Labute approximate surface area is 118 Å². The fourth-order valence-corrected chi connectivity index (χ4v) is 1.71. The van der Waals surface area contributed by atoms with E-state index in [1.807, 2.05) is 13.8 Å². The lowest BCUT2D eigenvalue weighted by atomic mass is 10.0. The zero-order valence-electron chi connectivity index (χ0n) is 11.5.